The van der Waals surface area contributed by atoms with Gasteiger partial charge in [0.25, 0.3) is 0 Å². The average Bonchev–Trinajstić information content (AvgIpc) is 2.72. The Bertz CT molecular complexity index is 513. The van der Waals surface area contributed by atoms with Crippen LogP contribution in [-0.4, -0.2) is 21.5 Å². The summed E-state index contributed by atoms with van der Waals surface area (Å²) in [5.74, 6) is 2.74. The summed E-state index contributed by atoms with van der Waals surface area (Å²) in [6, 6.07) is 2.03. The molecule has 0 aromatic carbocycles. The van der Waals surface area contributed by atoms with Crippen molar-refractivity contribution in [2.75, 3.05) is 11.9 Å². The van der Waals surface area contributed by atoms with Gasteiger partial charge in [0.15, 0.2) is 0 Å². The highest BCUT2D eigenvalue weighted by Gasteiger charge is 2.20. The first kappa shape index (κ1) is 10.6. The fourth-order valence-corrected chi connectivity index (χ4v) is 2.34. The number of anilines is 1. The molecule has 1 aliphatic carbocycles. The van der Waals surface area contributed by atoms with E-state index in [0.717, 1.165) is 41.6 Å². The molecule has 0 atom stereocenters. The monoisotopic (exact) mass is 230 g/mol. The molecule has 1 fully saturated rings. The lowest BCUT2D eigenvalue weighted by Crippen LogP contribution is -2.16. The van der Waals surface area contributed by atoms with E-state index < -0.39 is 0 Å². The first-order valence-electron chi connectivity index (χ1n) is 6.44. The van der Waals surface area contributed by atoms with Crippen molar-refractivity contribution in [1.82, 2.24) is 15.0 Å². The first-order valence-corrected chi connectivity index (χ1v) is 6.44. The minimum atomic E-state index is 0.803. The van der Waals surface area contributed by atoms with Gasteiger partial charge in [-0.25, -0.2) is 9.97 Å². The average molecular weight is 230 g/mol. The van der Waals surface area contributed by atoms with E-state index in [1.54, 1.807) is 0 Å². The van der Waals surface area contributed by atoms with Crippen molar-refractivity contribution >= 4 is 16.9 Å². The molecule has 4 nitrogen and oxygen atoms in total. The molecule has 90 valence electrons. The Balaban J connectivity index is 1.94. The van der Waals surface area contributed by atoms with Gasteiger partial charge >= 0.3 is 0 Å². The molecule has 0 aliphatic heterocycles. The topological polar surface area (TPSA) is 53.6 Å². The Morgan fingerprint density at radius 1 is 1.41 bits per heavy atom. The zero-order valence-electron chi connectivity index (χ0n) is 10.2. The number of fused-ring (bicyclic) bond motifs is 1. The van der Waals surface area contributed by atoms with Gasteiger partial charge in [-0.1, -0.05) is 19.3 Å². The predicted octanol–water partition coefficient (Wildman–Crippen LogP) is 2.73. The fourth-order valence-electron chi connectivity index (χ4n) is 2.34. The molecule has 2 aromatic rings. The third-order valence-corrected chi connectivity index (χ3v) is 3.50. The summed E-state index contributed by atoms with van der Waals surface area (Å²) in [5.41, 5.74) is 0.949. The molecular weight excluding hydrogens is 212 g/mol. The van der Waals surface area contributed by atoms with Crippen LogP contribution in [0.1, 0.15) is 32.0 Å². The van der Waals surface area contributed by atoms with E-state index in [0.29, 0.717) is 0 Å². The van der Waals surface area contributed by atoms with Crippen molar-refractivity contribution in [3.63, 3.8) is 0 Å². The van der Waals surface area contributed by atoms with Crippen molar-refractivity contribution in [3.8, 4) is 0 Å². The van der Waals surface area contributed by atoms with Crippen LogP contribution >= 0.6 is 0 Å². The molecule has 3 rings (SSSR count). The summed E-state index contributed by atoms with van der Waals surface area (Å²) in [7, 11) is 0. The van der Waals surface area contributed by atoms with Crippen LogP contribution in [-0.2, 0) is 6.42 Å². The highest BCUT2D eigenvalue weighted by Crippen LogP contribution is 2.29. The maximum atomic E-state index is 4.64. The third-order valence-electron chi connectivity index (χ3n) is 3.50. The summed E-state index contributed by atoms with van der Waals surface area (Å²) >= 11 is 0. The van der Waals surface area contributed by atoms with Gasteiger partial charge in [-0.05, 0) is 18.9 Å². The van der Waals surface area contributed by atoms with Gasteiger partial charge in [-0.3, -0.25) is 0 Å². The highest BCUT2D eigenvalue weighted by molar-refractivity contribution is 5.86. The first-order chi connectivity index (χ1) is 8.36. The van der Waals surface area contributed by atoms with Crippen molar-refractivity contribution in [3.05, 3.63) is 18.1 Å². The van der Waals surface area contributed by atoms with Gasteiger partial charge in [0.2, 0.25) is 0 Å². The van der Waals surface area contributed by atoms with E-state index >= 15 is 0 Å². The highest BCUT2D eigenvalue weighted by atomic mass is 15.0. The number of H-pyrrole nitrogens is 1. The molecule has 2 aromatic heterocycles. The molecule has 2 N–H and O–H groups in total. The minimum Gasteiger partial charge on any atom is -0.370 e. The van der Waals surface area contributed by atoms with Gasteiger partial charge in [-0.2, -0.15) is 0 Å². The zero-order valence-corrected chi connectivity index (χ0v) is 10.2. The van der Waals surface area contributed by atoms with Gasteiger partial charge in [0.1, 0.15) is 17.3 Å². The number of aromatic amines is 1. The van der Waals surface area contributed by atoms with Crippen molar-refractivity contribution in [1.29, 1.82) is 0 Å². The summed E-state index contributed by atoms with van der Waals surface area (Å²) in [4.78, 5) is 12.4. The van der Waals surface area contributed by atoms with E-state index in [4.69, 9.17) is 0 Å². The van der Waals surface area contributed by atoms with Crippen molar-refractivity contribution in [2.24, 2.45) is 5.92 Å². The van der Waals surface area contributed by atoms with Gasteiger partial charge in [-0.15, -0.1) is 0 Å². The summed E-state index contributed by atoms with van der Waals surface area (Å²) in [5, 5.41) is 4.40. The van der Waals surface area contributed by atoms with Gasteiger partial charge < -0.3 is 10.3 Å². The van der Waals surface area contributed by atoms with Crippen LogP contribution in [0.4, 0.5) is 5.82 Å². The normalized spacial score (nSPS) is 16.1. The standard InChI is InChI=1S/C13H18N4/c1-2-14-12-10-6-7-15-13(10)17-11(16-12)8-9-4-3-5-9/h6-7,9H,2-5,8H2,1H3,(H2,14,15,16,17). The number of rotatable bonds is 4. The predicted molar refractivity (Wildman–Crippen MR) is 69.1 cm³/mol. The molecule has 4 heteroatoms. The molecule has 0 spiro atoms. The quantitative estimate of drug-likeness (QED) is 0.849. The lowest BCUT2D eigenvalue weighted by Gasteiger charge is -2.24. The smallest absolute Gasteiger partial charge is 0.143 e. The Kier molecular flexibility index (Phi) is 2.71. The molecular formula is C13H18N4. The lowest BCUT2D eigenvalue weighted by atomic mass is 9.83. The molecule has 0 saturated heterocycles. The van der Waals surface area contributed by atoms with Crippen LogP contribution < -0.4 is 5.32 Å². The van der Waals surface area contributed by atoms with E-state index in [1.165, 1.54) is 19.3 Å². The van der Waals surface area contributed by atoms with E-state index in [-0.39, 0.29) is 0 Å². The number of nitrogens with zero attached hydrogens (tertiary/aromatic N) is 2. The van der Waals surface area contributed by atoms with Crippen molar-refractivity contribution in [2.45, 2.75) is 32.6 Å². The molecule has 2 heterocycles. The maximum absolute atomic E-state index is 4.64. The molecule has 1 aliphatic rings. The van der Waals surface area contributed by atoms with Crippen LogP contribution in [0.3, 0.4) is 0 Å². The SMILES string of the molecule is CCNc1nc(CC2CCC2)nc2[nH]ccc12. The second-order valence-corrected chi connectivity index (χ2v) is 4.76. The lowest BCUT2D eigenvalue weighted by molar-refractivity contribution is 0.309. The Hall–Kier alpha value is -1.58. The van der Waals surface area contributed by atoms with E-state index in [9.17, 15) is 0 Å². The molecule has 17 heavy (non-hydrogen) atoms. The van der Waals surface area contributed by atoms with Crippen molar-refractivity contribution < 1.29 is 0 Å². The molecule has 0 radical (unpaired) electrons. The molecule has 1 saturated carbocycles. The third kappa shape index (κ3) is 1.99. The van der Waals surface area contributed by atoms with E-state index in [1.807, 2.05) is 12.3 Å². The maximum Gasteiger partial charge on any atom is 0.143 e. The van der Waals surface area contributed by atoms with Crippen LogP contribution in [0.2, 0.25) is 0 Å². The molecule has 0 bridgehead atoms. The Morgan fingerprint density at radius 3 is 3.00 bits per heavy atom. The second-order valence-electron chi connectivity index (χ2n) is 4.76. The minimum absolute atomic E-state index is 0.803. The van der Waals surface area contributed by atoms with Crippen LogP contribution in [0.5, 0.6) is 0 Å². The zero-order chi connectivity index (χ0) is 11.7. The van der Waals surface area contributed by atoms with Gasteiger partial charge in [0, 0.05) is 19.2 Å². The summed E-state index contributed by atoms with van der Waals surface area (Å²) in [6.45, 7) is 2.98. The number of hydrogen-bond acceptors (Lipinski definition) is 3. The Morgan fingerprint density at radius 2 is 2.29 bits per heavy atom. The number of aromatic nitrogens is 3. The van der Waals surface area contributed by atoms with Gasteiger partial charge in [0.05, 0.1) is 5.39 Å². The summed E-state index contributed by atoms with van der Waals surface area (Å²) in [6.07, 6.45) is 6.99. The van der Waals surface area contributed by atoms with E-state index in [2.05, 4.69) is 27.2 Å². The summed E-state index contributed by atoms with van der Waals surface area (Å²) < 4.78 is 0. The van der Waals surface area contributed by atoms with Crippen LogP contribution in [0.25, 0.3) is 11.0 Å². The Labute approximate surface area is 101 Å². The molecule has 0 amide bonds. The largest absolute Gasteiger partial charge is 0.370 e. The van der Waals surface area contributed by atoms with Crippen LogP contribution in [0.15, 0.2) is 12.3 Å². The number of nitrogens with one attached hydrogen (secondary N) is 2. The fraction of sp³-hybridized carbons (Fsp3) is 0.538. The number of hydrogen-bond donors (Lipinski definition) is 2. The second kappa shape index (κ2) is 4.35. The molecule has 0 unspecified atom stereocenters. The van der Waals surface area contributed by atoms with Crippen LogP contribution in [0, 0.1) is 5.92 Å².